The Labute approximate surface area is 562 Å². The molecule has 2 bridgehead atoms. The van der Waals surface area contributed by atoms with Crippen LogP contribution in [-0.2, 0) is 53.9 Å². The molecular weight excluding hydrogens is 1270 g/mol. The SMILES string of the molecule is C=CC(=O)Nc1cc(Cl)cc(NC(=O)c2cnn(-c3ccc(OCC(=O)N4CCN(C(=O)CCC[C@@H]5/C=C(\C)C[C@H](C)C[C@H](C)[C@H]6O[C@@](O)(C(=O)C(=O)N7CCCC[C@H]7C(=O)O[C@H](/C(C)=C/[C@@H]7CC[C@@H](O)[C@H](OC)C7)[C@H](C)CCC5=O)[C@H](C)C[C@@H]6O)CC4)cc3)c2C(F)(F)F)c1. The van der Waals surface area contributed by atoms with E-state index >= 15 is 0 Å². The van der Waals surface area contributed by atoms with Gasteiger partial charge in [0.2, 0.25) is 17.6 Å². The number of fused-ring (bicyclic) bond motifs is 3. The fourth-order valence-electron chi connectivity index (χ4n) is 14.1. The number of Topliss-reactive ketones (excluding diaryl/α,β-unsaturated/α-hetero) is 2. The molecule has 0 radical (unpaired) electrons. The smallest absolute Gasteiger partial charge is 0.434 e. The number of benzene rings is 2. The number of anilines is 2. The number of piperazine rings is 1. The number of ether oxygens (including phenoxy) is 4. The molecule has 22 nitrogen and oxygen atoms in total. The number of allylic oxidation sites excluding steroid dienone is 3. The number of hydrogen-bond acceptors (Lipinski definition) is 16. The number of aromatic nitrogens is 2. The Bertz CT molecular complexity index is 3390. The molecular formula is C70H91ClF3N7O15. The molecule has 1 saturated carbocycles. The monoisotopic (exact) mass is 1360 g/mol. The van der Waals surface area contributed by atoms with E-state index in [0.717, 1.165) is 23.4 Å². The first-order valence-corrected chi connectivity index (χ1v) is 33.6. The second kappa shape index (κ2) is 32.8. The number of alkyl halides is 3. The first-order valence-electron chi connectivity index (χ1n) is 33.2. The van der Waals surface area contributed by atoms with Gasteiger partial charge in [0.25, 0.3) is 23.5 Å². The van der Waals surface area contributed by atoms with E-state index in [1.807, 2.05) is 46.8 Å². The molecule has 0 unspecified atom stereocenters. The second-order valence-electron chi connectivity index (χ2n) is 26.8. The van der Waals surface area contributed by atoms with Crippen molar-refractivity contribution in [3.63, 3.8) is 0 Å². The summed E-state index contributed by atoms with van der Waals surface area (Å²) < 4.78 is 68.3. The Balaban J connectivity index is 0.903. The van der Waals surface area contributed by atoms with Gasteiger partial charge in [0.1, 0.15) is 23.7 Å². The summed E-state index contributed by atoms with van der Waals surface area (Å²) in [6.07, 6.45) is 1.97. The molecule has 4 fully saturated rings. The number of carbonyl (C=O) groups is 8. The highest BCUT2D eigenvalue weighted by Crippen LogP contribution is 2.41. The third kappa shape index (κ3) is 18.7. The number of rotatable bonds is 15. The van der Waals surface area contributed by atoms with Crippen LogP contribution < -0.4 is 15.4 Å². The van der Waals surface area contributed by atoms with Crippen LogP contribution in [-0.4, -0.2) is 176 Å². The summed E-state index contributed by atoms with van der Waals surface area (Å²) in [5.41, 5.74) is -0.438. The molecule has 13 atom stereocenters. The first-order chi connectivity index (χ1) is 45.5. The molecule has 3 saturated heterocycles. The second-order valence-corrected chi connectivity index (χ2v) is 27.2. The Morgan fingerprint density at radius 2 is 1.54 bits per heavy atom. The average Bonchev–Trinajstić information content (AvgIpc) is 1.08. The van der Waals surface area contributed by atoms with Crippen LogP contribution in [0.3, 0.4) is 0 Å². The lowest BCUT2D eigenvalue weighted by Crippen LogP contribution is -2.63. The number of piperidine rings is 1. The molecule has 524 valence electrons. The maximum Gasteiger partial charge on any atom is 0.434 e. The van der Waals surface area contributed by atoms with Crippen LogP contribution in [0.1, 0.15) is 147 Å². The van der Waals surface area contributed by atoms with Crippen LogP contribution in [0.25, 0.3) is 5.69 Å². The van der Waals surface area contributed by atoms with E-state index in [1.165, 1.54) is 47.4 Å². The highest BCUT2D eigenvalue weighted by molar-refractivity contribution is 6.39. The molecule has 5 amide bonds. The van der Waals surface area contributed by atoms with E-state index in [4.69, 9.17) is 30.5 Å². The zero-order chi connectivity index (χ0) is 69.9. The number of ketones is 2. The zero-order valence-corrected chi connectivity index (χ0v) is 56.4. The van der Waals surface area contributed by atoms with Crippen LogP contribution in [0, 0.1) is 35.5 Å². The first kappa shape index (κ1) is 74.5. The van der Waals surface area contributed by atoms with Gasteiger partial charge in [-0.15, -0.1) is 0 Å². The number of aliphatic hydroxyl groups excluding tert-OH is 2. The summed E-state index contributed by atoms with van der Waals surface area (Å²) in [6, 6.07) is 8.08. The topological polar surface area (TPSA) is 286 Å². The Hall–Kier alpha value is -7.29. The quantitative estimate of drug-likeness (QED) is 0.0410. The lowest BCUT2D eigenvalue weighted by atomic mass is 9.79. The lowest BCUT2D eigenvalue weighted by molar-refractivity contribution is -0.292. The van der Waals surface area contributed by atoms with Gasteiger partial charge in [0.05, 0.1) is 41.9 Å². The van der Waals surface area contributed by atoms with Crippen molar-refractivity contribution >= 4 is 70.0 Å². The molecule has 8 rings (SSSR count). The molecule has 26 heteroatoms. The molecule has 96 heavy (non-hydrogen) atoms. The number of halogens is 4. The van der Waals surface area contributed by atoms with Gasteiger partial charge < -0.3 is 59.6 Å². The summed E-state index contributed by atoms with van der Waals surface area (Å²) in [5, 5.41) is 42.8. The van der Waals surface area contributed by atoms with E-state index in [1.54, 1.807) is 23.8 Å². The van der Waals surface area contributed by atoms with E-state index < -0.39 is 120 Å². The minimum absolute atomic E-state index is 0.00113. The van der Waals surface area contributed by atoms with E-state index in [9.17, 15) is 66.8 Å². The molecule has 1 aliphatic carbocycles. The van der Waals surface area contributed by atoms with Gasteiger partial charge in [0, 0.05) is 80.9 Å². The third-order valence-corrected chi connectivity index (χ3v) is 19.5. The summed E-state index contributed by atoms with van der Waals surface area (Å²) in [6.45, 7) is 15.0. The maximum absolute atomic E-state index is 14.7. The van der Waals surface area contributed by atoms with Crippen molar-refractivity contribution in [3.8, 4) is 11.4 Å². The minimum atomic E-state index is -5.05. The number of nitrogens with one attached hydrogen (secondary N) is 2. The van der Waals surface area contributed by atoms with Crippen molar-refractivity contribution in [1.82, 2.24) is 24.5 Å². The fourth-order valence-corrected chi connectivity index (χ4v) is 14.4. The van der Waals surface area contributed by atoms with Gasteiger partial charge >= 0.3 is 12.1 Å². The van der Waals surface area contributed by atoms with E-state index in [-0.39, 0.29) is 116 Å². The number of methoxy groups -OCH3 is 1. The van der Waals surface area contributed by atoms with Crippen LogP contribution in [0.15, 0.2) is 84.6 Å². The molecule has 3 aromatic rings. The highest BCUT2D eigenvalue weighted by atomic mass is 35.5. The number of nitrogens with zero attached hydrogens (tertiary/aromatic N) is 5. The predicted octanol–water partition coefficient (Wildman–Crippen LogP) is 9.21. The number of carbonyl (C=O) groups excluding carboxylic acids is 8. The number of hydrogen-bond donors (Lipinski definition) is 5. The molecule has 5 aliphatic rings. The van der Waals surface area contributed by atoms with Crippen molar-refractivity contribution in [2.45, 2.75) is 180 Å². The molecule has 0 spiro atoms. The van der Waals surface area contributed by atoms with Crippen molar-refractivity contribution in [2.75, 3.05) is 57.1 Å². The van der Waals surface area contributed by atoms with Gasteiger partial charge in [-0.3, -0.25) is 33.6 Å². The number of aliphatic hydroxyl groups is 3. The van der Waals surface area contributed by atoms with Crippen molar-refractivity contribution in [3.05, 3.63) is 101 Å². The molecule has 1 aromatic heterocycles. The Kier molecular flexibility index (Phi) is 25.5. The van der Waals surface area contributed by atoms with Crippen molar-refractivity contribution in [2.24, 2.45) is 35.5 Å². The van der Waals surface area contributed by atoms with Crippen molar-refractivity contribution in [1.29, 1.82) is 0 Å². The standard InChI is InChI=1S/C70H91ClF3N7O15/c1-9-59(85)76-49-35-48(71)36-50(37-49)77-66(89)53-38-75-81(64(53)70(72,73)74)51-18-20-52(21-19-51)94-39-61(87)79-27-25-78(26-28-79)60(86)15-12-13-47-31-41(3)29-40(2)30-43(5)63-57(84)33-45(7)69(92,96-63)65(88)67(90)80-24-11-10-14-54(80)68(91)95-62(42(4)16-22-55(47)82)44(6)32-46-17-23-56(83)58(34-46)93-8/h9,18-21,31-32,35-38,40,42-43,45-47,54,56-58,62-63,83-84,92H,1,10-17,22-30,33-34,39H2,2-8H3,(H,76,85)(H,77,89)/b41-31+,44-32+/t40-,42+,43-,45+,46-,47+,54-,56+,57-,58+,62-,63+,69+/m0/s1. The molecule has 5 heterocycles. The fraction of sp³-hybridized carbons (Fsp3) is 0.586. The van der Waals surface area contributed by atoms with E-state index in [2.05, 4.69) is 22.3 Å². The predicted molar refractivity (Wildman–Crippen MR) is 349 cm³/mol. The van der Waals surface area contributed by atoms with Crippen LogP contribution in [0.2, 0.25) is 5.02 Å². The Morgan fingerprint density at radius 3 is 2.21 bits per heavy atom. The minimum Gasteiger partial charge on any atom is -0.484 e. The molecule has 4 aliphatic heterocycles. The summed E-state index contributed by atoms with van der Waals surface area (Å²) >= 11 is 6.13. The zero-order valence-electron chi connectivity index (χ0n) is 55.6. The van der Waals surface area contributed by atoms with Crippen LogP contribution >= 0.6 is 11.6 Å². The summed E-state index contributed by atoms with van der Waals surface area (Å²) in [7, 11) is 1.55. The number of cyclic esters (lactones) is 1. The molecule has 5 N–H and O–H groups in total. The number of amides is 5. The summed E-state index contributed by atoms with van der Waals surface area (Å²) in [5.74, 6) is -10.2. The lowest BCUT2D eigenvalue weighted by Gasteiger charge is -2.46. The highest BCUT2D eigenvalue weighted by Gasteiger charge is 2.56. The van der Waals surface area contributed by atoms with Gasteiger partial charge in [-0.1, -0.05) is 63.6 Å². The van der Waals surface area contributed by atoms with Crippen molar-refractivity contribution < 1.29 is 85.8 Å². The van der Waals surface area contributed by atoms with Gasteiger partial charge in [-0.25, -0.2) is 9.48 Å². The molecule has 2 aromatic carbocycles. The van der Waals surface area contributed by atoms with Crippen LogP contribution in [0.4, 0.5) is 24.5 Å². The average molecular weight is 1360 g/mol. The summed E-state index contributed by atoms with van der Waals surface area (Å²) in [4.78, 5) is 115. The van der Waals surface area contributed by atoms with Crippen LogP contribution in [0.5, 0.6) is 5.75 Å². The van der Waals surface area contributed by atoms with Gasteiger partial charge in [-0.05, 0) is 169 Å². The normalized spacial score (nSPS) is 29.2. The maximum atomic E-state index is 14.7. The number of esters is 1. The third-order valence-electron chi connectivity index (χ3n) is 19.3. The van der Waals surface area contributed by atoms with Gasteiger partial charge in [-0.2, -0.15) is 18.3 Å². The van der Waals surface area contributed by atoms with E-state index in [0.29, 0.717) is 68.9 Å². The largest absolute Gasteiger partial charge is 0.484 e. The van der Waals surface area contributed by atoms with Gasteiger partial charge in [0.15, 0.2) is 12.3 Å². The Morgan fingerprint density at radius 1 is 0.865 bits per heavy atom.